The quantitative estimate of drug-likeness (QED) is 0.782. The molecule has 2 N–H and O–H groups in total. The number of aliphatic hydroxyl groups excluding tert-OH is 1. The van der Waals surface area contributed by atoms with Crippen LogP contribution in [0.2, 0.25) is 0 Å². The number of pyridine rings is 1. The van der Waals surface area contributed by atoms with Gasteiger partial charge < -0.3 is 14.9 Å². The molecule has 1 aromatic carbocycles. The van der Waals surface area contributed by atoms with Crippen LogP contribution in [0.1, 0.15) is 17.5 Å². The molecule has 25 heavy (non-hydrogen) atoms. The van der Waals surface area contributed by atoms with E-state index in [0.29, 0.717) is 11.4 Å². The first-order valence-electron chi connectivity index (χ1n) is 7.56. The first kappa shape index (κ1) is 18.2. The molecule has 0 amide bonds. The molecule has 0 fully saturated rings. The Kier molecular flexibility index (Phi) is 5.87. The van der Waals surface area contributed by atoms with Crippen molar-refractivity contribution < 1.29 is 14.9 Å². The second-order valence-electron chi connectivity index (χ2n) is 5.22. The maximum Gasteiger partial charge on any atom is 0.281 e. The SMILES string of the molecule is COc1ccc(N=Nc2c(C)c(C#N)c(O)n(CCCO)c2=O)cc1. The van der Waals surface area contributed by atoms with Crippen LogP contribution in [0.4, 0.5) is 11.4 Å². The first-order chi connectivity index (χ1) is 12.0. The molecular weight excluding hydrogens is 324 g/mol. The number of nitrogens with zero attached hydrogens (tertiary/aromatic N) is 4. The molecule has 0 saturated heterocycles. The van der Waals surface area contributed by atoms with Crippen molar-refractivity contribution in [2.75, 3.05) is 13.7 Å². The third-order valence-corrected chi connectivity index (χ3v) is 3.65. The predicted octanol–water partition coefficient (Wildman–Crippen LogP) is 2.54. The maximum absolute atomic E-state index is 12.5. The van der Waals surface area contributed by atoms with E-state index in [1.54, 1.807) is 31.4 Å². The highest BCUT2D eigenvalue weighted by Crippen LogP contribution is 2.27. The van der Waals surface area contributed by atoms with Gasteiger partial charge in [0.25, 0.3) is 5.56 Å². The highest BCUT2D eigenvalue weighted by Gasteiger charge is 2.18. The number of rotatable bonds is 6. The highest BCUT2D eigenvalue weighted by atomic mass is 16.5. The zero-order valence-corrected chi connectivity index (χ0v) is 13.9. The number of hydrogen-bond acceptors (Lipinski definition) is 7. The first-order valence-corrected chi connectivity index (χ1v) is 7.56. The topological polar surface area (TPSA) is 120 Å². The Morgan fingerprint density at radius 3 is 2.52 bits per heavy atom. The number of aliphatic hydroxyl groups is 1. The Bertz CT molecular complexity index is 879. The number of benzene rings is 1. The summed E-state index contributed by atoms with van der Waals surface area (Å²) < 4.78 is 6.08. The van der Waals surface area contributed by atoms with Gasteiger partial charge in [-0.1, -0.05) is 0 Å². The number of ether oxygens (including phenoxy) is 1. The molecule has 2 aromatic rings. The minimum Gasteiger partial charge on any atom is -0.497 e. The molecule has 0 saturated carbocycles. The molecule has 130 valence electrons. The zero-order chi connectivity index (χ0) is 18.4. The minimum atomic E-state index is -0.570. The molecule has 0 atom stereocenters. The lowest BCUT2D eigenvalue weighted by molar-refractivity contribution is 0.274. The van der Waals surface area contributed by atoms with E-state index < -0.39 is 11.4 Å². The largest absolute Gasteiger partial charge is 0.497 e. The molecule has 0 aliphatic carbocycles. The van der Waals surface area contributed by atoms with Crippen LogP contribution in [0.3, 0.4) is 0 Å². The van der Waals surface area contributed by atoms with Crippen molar-refractivity contribution in [3.05, 3.63) is 45.7 Å². The Morgan fingerprint density at radius 1 is 1.28 bits per heavy atom. The van der Waals surface area contributed by atoms with Crippen LogP contribution in [0.15, 0.2) is 39.3 Å². The van der Waals surface area contributed by atoms with Gasteiger partial charge in [0.2, 0.25) is 5.88 Å². The standard InChI is InChI=1S/C17H18N4O4/c1-11-14(10-18)16(23)21(8-3-9-22)17(24)15(11)20-19-12-4-6-13(25-2)7-5-12/h4-7,22-23H,3,8-9H2,1-2H3. The Labute approximate surface area is 144 Å². The fourth-order valence-corrected chi connectivity index (χ4v) is 2.25. The van der Waals surface area contributed by atoms with E-state index in [-0.39, 0.29) is 36.4 Å². The second kappa shape index (κ2) is 8.08. The third-order valence-electron chi connectivity index (χ3n) is 3.65. The molecule has 0 aliphatic rings. The summed E-state index contributed by atoms with van der Waals surface area (Å²) in [4.78, 5) is 12.5. The summed E-state index contributed by atoms with van der Waals surface area (Å²) in [5.74, 6) is 0.236. The Balaban J connectivity index is 2.50. The van der Waals surface area contributed by atoms with Crippen LogP contribution in [0.25, 0.3) is 0 Å². The molecule has 1 heterocycles. The van der Waals surface area contributed by atoms with Gasteiger partial charge in [-0.25, -0.2) is 0 Å². The number of hydrogen-bond donors (Lipinski definition) is 2. The number of aromatic nitrogens is 1. The number of methoxy groups -OCH3 is 1. The van der Waals surface area contributed by atoms with Gasteiger partial charge in [0, 0.05) is 18.7 Å². The van der Waals surface area contributed by atoms with Crippen LogP contribution < -0.4 is 10.3 Å². The predicted molar refractivity (Wildman–Crippen MR) is 90.7 cm³/mol. The number of azo groups is 1. The van der Waals surface area contributed by atoms with E-state index in [1.165, 1.54) is 6.92 Å². The van der Waals surface area contributed by atoms with Crippen LogP contribution >= 0.6 is 0 Å². The van der Waals surface area contributed by atoms with E-state index in [2.05, 4.69) is 10.2 Å². The average molecular weight is 342 g/mol. The van der Waals surface area contributed by atoms with Crippen molar-refractivity contribution in [3.63, 3.8) is 0 Å². The zero-order valence-electron chi connectivity index (χ0n) is 13.9. The molecule has 0 unspecified atom stereocenters. The minimum absolute atomic E-state index is 0.0249. The summed E-state index contributed by atoms with van der Waals surface area (Å²) in [6.07, 6.45) is 0.260. The van der Waals surface area contributed by atoms with E-state index >= 15 is 0 Å². The number of aromatic hydroxyl groups is 1. The van der Waals surface area contributed by atoms with Crippen molar-refractivity contribution in [2.45, 2.75) is 19.9 Å². The molecule has 8 heteroatoms. The summed E-state index contributed by atoms with van der Waals surface area (Å²) in [6.45, 7) is 1.45. The van der Waals surface area contributed by atoms with E-state index in [9.17, 15) is 15.2 Å². The molecule has 8 nitrogen and oxygen atoms in total. The van der Waals surface area contributed by atoms with Gasteiger partial charge in [-0.2, -0.15) is 10.4 Å². The van der Waals surface area contributed by atoms with Crippen molar-refractivity contribution >= 4 is 11.4 Å². The average Bonchev–Trinajstić information content (AvgIpc) is 2.62. The summed E-state index contributed by atoms with van der Waals surface area (Å²) in [5, 5.41) is 36.3. The molecular formula is C17H18N4O4. The van der Waals surface area contributed by atoms with Crippen molar-refractivity contribution in [2.24, 2.45) is 10.2 Å². The van der Waals surface area contributed by atoms with Crippen LogP contribution in [0.5, 0.6) is 11.6 Å². The monoisotopic (exact) mass is 342 g/mol. The van der Waals surface area contributed by atoms with E-state index in [1.807, 2.05) is 6.07 Å². The summed E-state index contributed by atoms with van der Waals surface area (Å²) in [5.41, 5.74) is 0.125. The van der Waals surface area contributed by atoms with Crippen LogP contribution in [-0.2, 0) is 6.54 Å². The molecule has 0 bridgehead atoms. The lowest BCUT2D eigenvalue weighted by Gasteiger charge is -2.12. The molecule has 0 aliphatic heterocycles. The van der Waals surface area contributed by atoms with Gasteiger partial charge in [0.15, 0.2) is 5.69 Å². The van der Waals surface area contributed by atoms with Gasteiger partial charge >= 0.3 is 0 Å². The van der Waals surface area contributed by atoms with Crippen LogP contribution in [-0.4, -0.2) is 28.5 Å². The Hall–Kier alpha value is -3.18. The Morgan fingerprint density at radius 2 is 1.96 bits per heavy atom. The van der Waals surface area contributed by atoms with Gasteiger partial charge in [-0.05, 0) is 37.6 Å². The lowest BCUT2D eigenvalue weighted by Crippen LogP contribution is -2.22. The maximum atomic E-state index is 12.5. The second-order valence-corrected chi connectivity index (χ2v) is 5.22. The lowest BCUT2D eigenvalue weighted by atomic mass is 10.1. The fourth-order valence-electron chi connectivity index (χ4n) is 2.25. The third kappa shape index (κ3) is 3.84. The van der Waals surface area contributed by atoms with Gasteiger partial charge in [-0.15, -0.1) is 5.11 Å². The van der Waals surface area contributed by atoms with Crippen molar-refractivity contribution in [3.8, 4) is 17.7 Å². The van der Waals surface area contributed by atoms with Crippen molar-refractivity contribution in [1.82, 2.24) is 4.57 Å². The smallest absolute Gasteiger partial charge is 0.281 e. The summed E-state index contributed by atoms with van der Waals surface area (Å²) >= 11 is 0. The molecule has 1 aromatic heterocycles. The van der Waals surface area contributed by atoms with Crippen molar-refractivity contribution in [1.29, 1.82) is 5.26 Å². The molecule has 2 rings (SSSR count). The normalized spacial score (nSPS) is 10.8. The molecule has 0 radical (unpaired) electrons. The van der Waals surface area contributed by atoms with Gasteiger partial charge in [-0.3, -0.25) is 9.36 Å². The molecule has 0 spiro atoms. The van der Waals surface area contributed by atoms with Crippen LogP contribution in [0, 0.1) is 18.3 Å². The van der Waals surface area contributed by atoms with Gasteiger partial charge in [0.05, 0.1) is 12.8 Å². The van der Waals surface area contributed by atoms with Gasteiger partial charge in [0.1, 0.15) is 17.4 Å². The van der Waals surface area contributed by atoms with E-state index in [4.69, 9.17) is 9.84 Å². The van der Waals surface area contributed by atoms with E-state index in [0.717, 1.165) is 4.57 Å². The highest BCUT2D eigenvalue weighted by molar-refractivity contribution is 5.56. The number of nitriles is 1. The fraction of sp³-hybridized carbons (Fsp3) is 0.294. The summed E-state index contributed by atoms with van der Waals surface area (Å²) in [7, 11) is 1.55. The summed E-state index contributed by atoms with van der Waals surface area (Å²) in [6, 6.07) is 8.63.